The maximum atomic E-state index is 12.6. The molecule has 0 aliphatic heterocycles. The number of aryl methyl sites for hydroxylation is 2. The van der Waals surface area contributed by atoms with Crippen molar-refractivity contribution in [2.75, 3.05) is 13.7 Å². The second-order valence-corrected chi connectivity index (χ2v) is 7.05. The molecule has 0 radical (unpaired) electrons. The second kappa shape index (κ2) is 8.25. The van der Waals surface area contributed by atoms with Gasteiger partial charge in [0.1, 0.15) is 5.75 Å². The zero-order chi connectivity index (χ0) is 19.4. The van der Waals surface area contributed by atoms with Crippen molar-refractivity contribution in [2.24, 2.45) is 0 Å². The molecular weight excluding hydrogens is 342 g/mol. The molecule has 1 amide bonds. The normalized spacial score (nSPS) is 13.1. The van der Waals surface area contributed by atoms with E-state index in [1.54, 1.807) is 24.1 Å². The van der Waals surface area contributed by atoms with Crippen LogP contribution in [-0.2, 0) is 16.1 Å². The molecule has 27 heavy (non-hydrogen) atoms. The van der Waals surface area contributed by atoms with Gasteiger partial charge in [0.15, 0.2) is 6.61 Å². The minimum Gasteiger partial charge on any atom is -0.497 e. The molecule has 0 aromatic heterocycles. The van der Waals surface area contributed by atoms with Gasteiger partial charge in [-0.3, -0.25) is 4.79 Å². The van der Waals surface area contributed by atoms with E-state index in [-0.39, 0.29) is 18.6 Å². The molecule has 5 heteroatoms. The average Bonchev–Trinajstić information content (AvgIpc) is 3.48. The van der Waals surface area contributed by atoms with Crippen molar-refractivity contribution in [1.29, 1.82) is 0 Å². The predicted octanol–water partition coefficient (Wildman–Crippen LogP) is 3.66. The summed E-state index contributed by atoms with van der Waals surface area (Å²) in [6, 6.07) is 13.4. The number of rotatable bonds is 7. The molecule has 0 bridgehead atoms. The third-order valence-electron chi connectivity index (χ3n) is 4.60. The first-order valence-electron chi connectivity index (χ1n) is 9.14. The van der Waals surface area contributed by atoms with Gasteiger partial charge in [0.2, 0.25) is 0 Å². The standard InChI is InChI=1S/C22H25NO4/c1-15-10-16(2)12-18(11-15)22(25)27-14-21(24)23(19-6-7-19)13-17-4-8-20(26-3)9-5-17/h4-5,8-12,19H,6-7,13-14H2,1-3H3. The fraction of sp³-hybridized carbons (Fsp3) is 0.364. The first kappa shape index (κ1) is 19.0. The van der Waals surface area contributed by atoms with E-state index < -0.39 is 5.97 Å². The highest BCUT2D eigenvalue weighted by atomic mass is 16.5. The van der Waals surface area contributed by atoms with Gasteiger partial charge >= 0.3 is 5.97 Å². The van der Waals surface area contributed by atoms with Gasteiger partial charge in [-0.2, -0.15) is 0 Å². The molecule has 1 aliphatic carbocycles. The highest BCUT2D eigenvalue weighted by Gasteiger charge is 2.33. The molecule has 0 saturated heterocycles. The van der Waals surface area contributed by atoms with E-state index in [1.165, 1.54) is 0 Å². The molecule has 3 rings (SSSR count). The van der Waals surface area contributed by atoms with Crippen LogP contribution in [-0.4, -0.2) is 36.5 Å². The van der Waals surface area contributed by atoms with Crippen LogP contribution in [0.3, 0.4) is 0 Å². The Hall–Kier alpha value is -2.82. The Balaban J connectivity index is 1.60. The summed E-state index contributed by atoms with van der Waals surface area (Å²) in [6.45, 7) is 4.13. The van der Waals surface area contributed by atoms with Crippen molar-refractivity contribution in [3.05, 3.63) is 64.7 Å². The monoisotopic (exact) mass is 367 g/mol. The lowest BCUT2D eigenvalue weighted by molar-refractivity contribution is -0.135. The van der Waals surface area contributed by atoms with Crippen LogP contribution in [0.2, 0.25) is 0 Å². The Morgan fingerprint density at radius 3 is 2.22 bits per heavy atom. The van der Waals surface area contributed by atoms with Crippen LogP contribution in [0.1, 0.15) is 39.9 Å². The summed E-state index contributed by atoms with van der Waals surface area (Å²) in [6.07, 6.45) is 1.99. The quantitative estimate of drug-likeness (QED) is 0.701. The van der Waals surface area contributed by atoms with E-state index in [0.29, 0.717) is 12.1 Å². The summed E-state index contributed by atoms with van der Waals surface area (Å²) in [7, 11) is 1.62. The first-order valence-corrected chi connectivity index (χ1v) is 9.14. The molecule has 0 unspecified atom stereocenters. The summed E-state index contributed by atoms with van der Waals surface area (Å²) in [4.78, 5) is 26.7. The van der Waals surface area contributed by atoms with E-state index in [1.807, 2.05) is 44.2 Å². The number of methoxy groups -OCH3 is 1. The highest BCUT2D eigenvalue weighted by molar-refractivity contribution is 5.91. The van der Waals surface area contributed by atoms with Crippen LogP contribution in [0.25, 0.3) is 0 Å². The molecule has 1 aliphatic rings. The summed E-state index contributed by atoms with van der Waals surface area (Å²) in [5.74, 6) is 0.159. The van der Waals surface area contributed by atoms with E-state index in [2.05, 4.69) is 0 Å². The number of hydrogen-bond donors (Lipinski definition) is 0. The van der Waals surface area contributed by atoms with Crippen LogP contribution in [0, 0.1) is 13.8 Å². The van der Waals surface area contributed by atoms with Gasteiger partial charge < -0.3 is 14.4 Å². The minimum absolute atomic E-state index is 0.161. The molecule has 0 N–H and O–H groups in total. The number of esters is 1. The summed E-state index contributed by atoms with van der Waals surface area (Å²) >= 11 is 0. The number of carbonyl (C=O) groups is 2. The molecule has 0 atom stereocenters. The van der Waals surface area contributed by atoms with Gasteiger partial charge in [-0.15, -0.1) is 0 Å². The van der Waals surface area contributed by atoms with Crippen molar-refractivity contribution < 1.29 is 19.1 Å². The van der Waals surface area contributed by atoms with E-state index in [4.69, 9.17) is 9.47 Å². The lowest BCUT2D eigenvalue weighted by Gasteiger charge is -2.22. The predicted molar refractivity (Wildman–Crippen MR) is 103 cm³/mol. The molecular formula is C22H25NO4. The number of nitrogens with zero attached hydrogens (tertiary/aromatic N) is 1. The summed E-state index contributed by atoms with van der Waals surface area (Å²) in [5, 5.41) is 0. The van der Waals surface area contributed by atoms with Crippen molar-refractivity contribution in [2.45, 2.75) is 39.3 Å². The van der Waals surface area contributed by atoms with Gasteiger partial charge in [0.05, 0.1) is 12.7 Å². The zero-order valence-electron chi connectivity index (χ0n) is 16.0. The van der Waals surface area contributed by atoms with Crippen molar-refractivity contribution >= 4 is 11.9 Å². The van der Waals surface area contributed by atoms with Crippen LogP contribution >= 0.6 is 0 Å². The van der Waals surface area contributed by atoms with E-state index in [9.17, 15) is 9.59 Å². The molecule has 1 fully saturated rings. The lowest BCUT2D eigenvalue weighted by atomic mass is 10.1. The number of ether oxygens (including phenoxy) is 2. The lowest BCUT2D eigenvalue weighted by Crippen LogP contribution is -2.36. The zero-order valence-corrected chi connectivity index (χ0v) is 16.0. The molecule has 2 aromatic rings. The third-order valence-corrected chi connectivity index (χ3v) is 4.60. The molecule has 1 saturated carbocycles. The van der Waals surface area contributed by atoms with Gasteiger partial charge in [-0.05, 0) is 56.5 Å². The Morgan fingerprint density at radius 1 is 1.04 bits per heavy atom. The maximum absolute atomic E-state index is 12.6. The topological polar surface area (TPSA) is 55.8 Å². The fourth-order valence-corrected chi connectivity index (χ4v) is 3.12. The van der Waals surface area contributed by atoms with Crippen LogP contribution in [0.4, 0.5) is 0 Å². The molecule has 0 heterocycles. The Labute approximate surface area is 159 Å². The van der Waals surface area contributed by atoms with Crippen LogP contribution in [0.5, 0.6) is 5.75 Å². The Bertz CT molecular complexity index is 804. The van der Waals surface area contributed by atoms with Gasteiger partial charge in [0.25, 0.3) is 5.91 Å². The van der Waals surface area contributed by atoms with Gasteiger partial charge in [-0.25, -0.2) is 4.79 Å². The second-order valence-electron chi connectivity index (χ2n) is 7.05. The van der Waals surface area contributed by atoms with Gasteiger partial charge in [0, 0.05) is 12.6 Å². The number of carbonyl (C=O) groups excluding carboxylic acids is 2. The van der Waals surface area contributed by atoms with Crippen molar-refractivity contribution in [3.63, 3.8) is 0 Å². The third kappa shape index (κ3) is 5.09. The van der Waals surface area contributed by atoms with E-state index in [0.717, 1.165) is 35.3 Å². The number of amides is 1. The fourth-order valence-electron chi connectivity index (χ4n) is 3.12. The SMILES string of the molecule is COc1ccc(CN(C(=O)COC(=O)c2cc(C)cc(C)c2)C2CC2)cc1. The van der Waals surface area contributed by atoms with Crippen molar-refractivity contribution in [1.82, 2.24) is 4.90 Å². The summed E-state index contributed by atoms with van der Waals surface area (Å²) in [5.41, 5.74) is 3.49. The van der Waals surface area contributed by atoms with Crippen LogP contribution < -0.4 is 4.74 Å². The Kier molecular flexibility index (Phi) is 5.79. The molecule has 5 nitrogen and oxygen atoms in total. The van der Waals surface area contributed by atoms with Crippen LogP contribution in [0.15, 0.2) is 42.5 Å². The smallest absolute Gasteiger partial charge is 0.338 e. The first-order chi connectivity index (χ1) is 13.0. The molecule has 2 aromatic carbocycles. The number of hydrogen-bond acceptors (Lipinski definition) is 4. The van der Waals surface area contributed by atoms with E-state index >= 15 is 0 Å². The number of benzene rings is 2. The van der Waals surface area contributed by atoms with Crippen molar-refractivity contribution in [3.8, 4) is 5.75 Å². The molecule has 0 spiro atoms. The van der Waals surface area contributed by atoms with Gasteiger partial charge in [-0.1, -0.05) is 29.3 Å². The Morgan fingerprint density at radius 2 is 1.67 bits per heavy atom. The highest BCUT2D eigenvalue weighted by Crippen LogP contribution is 2.29. The average molecular weight is 367 g/mol. The largest absolute Gasteiger partial charge is 0.497 e. The maximum Gasteiger partial charge on any atom is 0.338 e. The summed E-state index contributed by atoms with van der Waals surface area (Å²) < 4.78 is 10.4. The minimum atomic E-state index is -0.463. The molecule has 142 valence electrons.